The maximum atomic E-state index is 4.46. The van der Waals surface area contributed by atoms with Crippen LogP contribution in [0.3, 0.4) is 0 Å². The van der Waals surface area contributed by atoms with Crippen molar-refractivity contribution in [3.8, 4) is 0 Å². The van der Waals surface area contributed by atoms with E-state index in [2.05, 4.69) is 41.6 Å². The fourth-order valence-electron chi connectivity index (χ4n) is 3.29. The van der Waals surface area contributed by atoms with Crippen LogP contribution in [0.2, 0.25) is 0 Å². The Labute approximate surface area is 123 Å². The molecule has 2 aromatic heterocycles. The molecule has 1 atom stereocenters. The molecule has 2 aromatic rings. The van der Waals surface area contributed by atoms with Crippen LogP contribution in [0.4, 0.5) is 5.95 Å². The second-order valence-corrected chi connectivity index (χ2v) is 5.74. The van der Waals surface area contributed by atoms with Crippen LogP contribution in [0.1, 0.15) is 30.5 Å². The van der Waals surface area contributed by atoms with Crippen molar-refractivity contribution < 1.29 is 0 Å². The first-order valence-corrected chi connectivity index (χ1v) is 7.47. The van der Waals surface area contributed by atoms with Gasteiger partial charge in [-0.25, -0.2) is 9.97 Å². The smallest absolute Gasteiger partial charge is 0.225 e. The van der Waals surface area contributed by atoms with E-state index in [4.69, 9.17) is 0 Å². The van der Waals surface area contributed by atoms with Crippen LogP contribution in [-0.4, -0.2) is 49.8 Å². The Morgan fingerprint density at radius 2 is 1.95 bits per heavy atom. The van der Waals surface area contributed by atoms with Gasteiger partial charge in [0.25, 0.3) is 0 Å². The number of hydrogen-bond acceptors (Lipinski definition) is 6. The van der Waals surface area contributed by atoms with Gasteiger partial charge >= 0.3 is 0 Å². The molecule has 0 aromatic carbocycles. The fraction of sp³-hybridized carbons (Fsp3) is 0.571. The highest BCUT2D eigenvalue weighted by atomic mass is 15.4. The van der Waals surface area contributed by atoms with Crippen molar-refractivity contribution in [2.45, 2.75) is 32.0 Å². The lowest BCUT2D eigenvalue weighted by Gasteiger charge is -2.29. The van der Waals surface area contributed by atoms with E-state index in [1.54, 1.807) is 12.4 Å². The van der Waals surface area contributed by atoms with E-state index in [9.17, 15) is 0 Å². The third kappa shape index (κ3) is 2.17. The molecule has 4 rings (SSSR count). The van der Waals surface area contributed by atoms with Gasteiger partial charge in [-0.1, -0.05) is 0 Å². The Bertz CT molecular complexity index is 624. The molecule has 110 valence electrons. The quantitative estimate of drug-likeness (QED) is 0.815. The summed E-state index contributed by atoms with van der Waals surface area (Å²) in [6.45, 7) is 3.68. The van der Waals surface area contributed by atoms with Gasteiger partial charge in [0.2, 0.25) is 5.95 Å². The molecule has 2 aliphatic heterocycles. The molecule has 2 aliphatic rings. The molecular formula is C14H19N7. The van der Waals surface area contributed by atoms with Crippen LogP contribution in [0.25, 0.3) is 0 Å². The first-order chi connectivity index (χ1) is 10.3. The molecule has 7 nitrogen and oxygen atoms in total. The highest BCUT2D eigenvalue weighted by molar-refractivity contribution is 5.30. The summed E-state index contributed by atoms with van der Waals surface area (Å²) in [7, 11) is 2.17. The minimum absolute atomic E-state index is 0.422. The Kier molecular flexibility index (Phi) is 3.07. The van der Waals surface area contributed by atoms with Crippen molar-refractivity contribution in [1.29, 1.82) is 0 Å². The molecule has 7 heteroatoms. The van der Waals surface area contributed by atoms with Crippen LogP contribution < -0.4 is 4.90 Å². The topological polar surface area (TPSA) is 63.0 Å². The van der Waals surface area contributed by atoms with Crippen LogP contribution in [-0.2, 0) is 13.1 Å². The van der Waals surface area contributed by atoms with Gasteiger partial charge < -0.3 is 9.47 Å². The van der Waals surface area contributed by atoms with Crippen molar-refractivity contribution in [2.75, 3.05) is 25.0 Å². The zero-order valence-corrected chi connectivity index (χ0v) is 12.2. The van der Waals surface area contributed by atoms with Gasteiger partial charge in [-0.2, -0.15) is 0 Å². The summed E-state index contributed by atoms with van der Waals surface area (Å²) in [6, 6.07) is 2.26. The SMILES string of the molecule is CN1CCC[C@@H]1c1nnc2n1CCN(c1ncccn1)C2. The molecule has 1 saturated heterocycles. The van der Waals surface area contributed by atoms with Crippen LogP contribution in [0.15, 0.2) is 18.5 Å². The van der Waals surface area contributed by atoms with E-state index in [1.807, 2.05) is 6.07 Å². The van der Waals surface area contributed by atoms with Gasteiger partial charge in [0.1, 0.15) is 0 Å². The highest BCUT2D eigenvalue weighted by Gasteiger charge is 2.30. The Morgan fingerprint density at radius 3 is 2.71 bits per heavy atom. The van der Waals surface area contributed by atoms with Crippen LogP contribution in [0.5, 0.6) is 0 Å². The van der Waals surface area contributed by atoms with Gasteiger partial charge in [-0.15, -0.1) is 10.2 Å². The second-order valence-electron chi connectivity index (χ2n) is 5.74. The summed E-state index contributed by atoms with van der Waals surface area (Å²) in [5.74, 6) is 2.91. The molecule has 21 heavy (non-hydrogen) atoms. The molecule has 0 bridgehead atoms. The zero-order valence-electron chi connectivity index (χ0n) is 12.2. The summed E-state index contributed by atoms with van der Waals surface area (Å²) in [6.07, 6.45) is 5.98. The predicted molar refractivity (Wildman–Crippen MR) is 77.7 cm³/mol. The maximum Gasteiger partial charge on any atom is 0.225 e. The second kappa shape index (κ2) is 5.07. The summed E-state index contributed by atoms with van der Waals surface area (Å²) < 4.78 is 2.28. The number of likely N-dealkylation sites (tertiary alicyclic amines) is 1. The lowest BCUT2D eigenvalue weighted by atomic mass is 10.2. The summed E-state index contributed by atoms with van der Waals surface area (Å²) in [4.78, 5) is 13.2. The number of fused-ring (bicyclic) bond motifs is 1. The average molecular weight is 285 g/mol. The molecule has 0 spiro atoms. The van der Waals surface area contributed by atoms with Crippen molar-refractivity contribution in [1.82, 2.24) is 29.6 Å². The van der Waals surface area contributed by atoms with Gasteiger partial charge in [0.05, 0.1) is 12.6 Å². The monoisotopic (exact) mass is 285 g/mol. The lowest BCUT2D eigenvalue weighted by Crippen LogP contribution is -2.36. The molecule has 0 N–H and O–H groups in total. The Morgan fingerprint density at radius 1 is 1.10 bits per heavy atom. The van der Waals surface area contributed by atoms with Gasteiger partial charge in [0, 0.05) is 25.5 Å². The molecule has 0 aliphatic carbocycles. The minimum Gasteiger partial charge on any atom is -0.331 e. The molecule has 0 amide bonds. The third-order valence-corrected chi connectivity index (χ3v) is 4.44. The van der Waals surface area contributed by atoms with Crippen molar-refractivity contribution in [3.63, 3.8) is 0 Å². The number of nitrogens with zero attached hydrogens (tertiary/aromatic N) is 7. The molecule has 4 heterocycles. The standard InChI is InChI=1S/C14H19N7/c1-19-7-2-4-11(19)13-18-17-12-10-20(8-9-21(12)13)14-15-5-3-6-16-14/h3,5-6,11H,2,4,7-10H2,1H3/t11-/m1/s1. The molecule has 0 radical (unpaired) electrons. The van der Waals surface area contributed by atoms with E-state index < -0.39 is 0 Å². The molecule has 0 saturated carbocycles. The lowest BCUT2D eigenvalue weighted by molar-refractivity contribution is 0.295. The minimum atomic E-state index is 0.422. The summed E-state index contributed by atoms with van der Waals surface area (Å²) in [5.41, 5.74) is 0. The molecular weight excluding hydrogens is 266 g/mol. The highest BCUT2D eigenvalue weighted by Crippen LogP contribution is 2.30. The molecule has 1 fully saturated rings. The number of rotatable bonds is 2. The predicted octanol–water partition coefficient (Wildman–Crippen LogP) is 0.855. The molecule has 0 unspecified atom stereocenters. The third-order valence-electron chi connectivity index (χ3n) is 4.44. The van der Waals surface area contributed by atoms with Crippen molar-refractivity contribution >= 4 is 5.95 Å². The van der Waals surface area contributed by atoms with Gasteiger partial charge in [-0.3, -0.25) is 4.90 Å². The van der Waals surface area contributed by atoms with E-state index in [0.29, 0.717) is 6.04 Å². The van der Waals surface area contributed by atoms with E-state index in [1.165, 1.54) is 12.8 Å². The van der Waals surface area contributed by atoms with Gasteiger partial charge in [-0.05, 0) is 32.5 Å². The largest absolute Gasteiger partial charge is 0.331 e. The van der Waals surface area contributed by atoms with Crippen LogP contribution in [0, 0.1) is 0 Å². The maximum absolute atomic E-state index is 4.46. The number of hydrogen-bond donors (Lipinski definition) is 0. The van der Waals surface area contributed by atoms with Crippen molar-refractivity contribution in [2.24, 2.45) is 0 Å². The number of aromatic nitrogens is 5. The first-order valence-electron chi connectivity index (χ1n) is 7.47. The van der Waals surface area contributed by atoms with Crippen LogP contribution >= 0.6 is 0 Å². The number of anilines is 1. The fourth-order valence-corrected chi connectivity index (χ4v) is 3.29. The summed E-state index contributed by atoms with van der Waals surface area (Å²) >= 11 is 0. The first kappa shape index (κ1) is 12.7. The van der Waals surface area contributed by atoms with Crippen molar-refractivity contribution in [3.05, 3.63) is 30.1 Å². The van der Waals surface area contributed by atoms with E-state index in [-0.39, 0.29) is 0 Å². The normalized spacial score (nSPS) is 22.5. The summed E-state index contributed by atoms with van der Waals surface area (Å²) in [5, 5.41) is 8.86. The Balaban J connectivity index is 1.59. The van der Waals surface area contributed by atoms with Gasteiger partial charge in [0.15, 0.2) is 11.6 Å². The van der Waals surface area contributed by atoms with E-state index in [0.717, 1.165) is 43.8 Å². The van der Waals surface area contributed by atoms with E-state index >= 15 is 0 Å². The zero-order chi connectivity index (χ0) is 14.2. The average Bonchev–Trinajstić information content (AvgIpc) is 3.13. The Hall–Kier alpha value is -2.02.